The van der Waals surface area contributed by atoms with Crippen molar-refractivity contribution >= 4 is 0 Å². The summed E-state index contributed by atoms with van der Waals surface area (Å²) in [6.07, 6.45) is 5.64. The number of fused-ring (bicyclic) bond motifs is 1. The summed E-state index contributed by atoms with van der Waals surface area (Å²) in [6.45, 7) is 10.8. The predicted molar refractivity (Wildman–Crippen MR) is 65.1 cm³/mol. The number of rotatable bonds is 2. The molecule has 2 atom stereocenters. The first-order valence-corrected chi connectivity index (χ1v) is 6.54. The molecule has 2 unspecified atom stereocenters. The van der Waals surface area contributed by atoms with Gasteiger partial charge in [0.05, 0.1) is 0 Å². The molecule has 0 aromatic carbocycles. The molecule has 0 bridgehead atoms. The molecule has 2 heteroatoms. The molecule has 2 heterocycles. The largest absolute Gasteiger partial charge is 0.312 e. The van der Waals surface area contributed by atoms with Crippen molar-refractivity contribution < 1.29 is 0 Å². The summed E-state index contributed by atoms with van der Waals surface area (Å²) in [4.78, 5) is 2.70. The van der Waals surface area contributed by atoms with E-state index in [9.17, 15) is 0 Å². The van der Waals surface area contributed by atoms with Crippen LogP contribution < -0.4 is 5.32 Å². The number of nitrogens with zero attached hydrogens (tertiary/aromatic N) is 1. The van der Waals surface area contributed by atoms with Gasteiger partial charge in [-0.25, -0.2) is 0 Å². The molecule has 2 nitrogen and oxygen atoms in total. The first-order valence-electron chi connectivity index (χ1n) is 6.54. The van der Waals surface area contributed by atoms with E-state index in [1.54, 1.807) is 0 Å². The Morgan fingerprint density at radius 2 is 1.93 bits per heavy atom. The molecule has 2 saturated heterocycles. The first-order chi connectivity index (χ1) is 7.06. The van der Waals surface area contributed by atoms with Crippen molar-refractivity contribution in [1.82, 2.24) is 10.2 Å². The van der Waals surface area contributed by atoms with Crippen molar-refractivity contribution in [1.29, 1.82) is 0 Å². The van der Waals surface area contributed by atoms with Crippen molar-refractivity contribution in [2.45, 2.75) is 58.5 Å². The molecule has 0 saturated carbocycles. The highest BCUT2D eigenvalue weighted by Gasteiger charge is 2.35. The van der Waals surface area contributed by atoms with E-state index in [4.69, 9.17) is 0 Å². The molecule has 88 valence electrons. The maximum absolute atomic E-state index is 3.78. The van der Waals surface area contributed by atoms with Crippen LogP contribution in [0.5, 0.6) is 0 Å². The van der Waals surface area contributed by atoms with Crippen LogP contribution in [0.2, 0.25) is 0 Å². The van der Waals surface area contributed by atoms with Gasteiger partial charge in [-0.1, -0.05) is 27.2 Å². The molecule has 15 heavy (non-hydrogen) atoms. The third kappa shape index (κ3) is 2.94. The Bertz CT molecular complexity index is 207. The highest BCUT2D eigenvalue weighted by Crippen LogP contribution is 2.27. The van der Waals surface area contributed by atoms with Crippen LogP contribution >= 0.6 is 0 Å². The summed E-state index contributed by atoms with van der Waals surface area (Å²) in [6, 6.07) is 1.62. The molecule has 0 aromatic rings. The van der Waals surface area contributed by atoms with Gasteiger partial charge < -0.3 is 5.32 Å². The van der Waals surface area contributed by atoms with Crippen LogP contribution in [0, 0.1) is 5.41 Å². The Hall–Kier alpha value is -0.0800. The third-order valence-electron chi connectivity index (χ3n) is 3.75. The molecule has 2 rings (SSSR count). The lowest BCUT2D eigenvalue weighted by Crippen LogP contribution is -2.46. The SMILES string of the molecule is CC(C)(C)CNC1CCN2CCCCC12. The van der Waals surface area contributed by atoms with E-state index in [-0.39, 0.29) is 0 Å². The van der Waals surface area contributed by atoms with Crippen molar-refractivity contribution in [3.8, 4) is 0 Å². The maximum atomic E-state index is 3.78. The van der Waals surface area contributed by atoms with E-state index in [1.807, 2.05) is 0 Å². The summed E-state index contributed by atoms with van der Waals surface area (Å²) < 4.78 is 0. The van der Waals surface area contributed by atoms with Crippen LogP contribution in [0.4, 0.5) is 0 Å². The van der Waals surface area contributed by atoms with Gasteiger partial charge in [-0.3, -0.25) is 4.90 Å². The van der Waals surface area contributed by atoms with E-state index in [0.29, 0.717) is 5.41 Å². The topological polar surface area (TPSA) is 15.3 Å². The molecular weight excluding hydrogens is 184 g/mol. The van der Waals surface area contributed by atoms with E-state index in [0.717, 1.165) is 18.6 Å². The van der Waals surface area contributed by atoms with Crippen LogP contribution in [0.3, 0.4) is 0 Å². The second-order valence-corrected chi connectivity index (χ2v) is 6.44. The number of piperidine rings is 1. The smallest absolute Gasteiger partial charge is 0.0249 e. The van der Waals surface area contributed by atoms with E-state index < -0.39 is 0 Å². The van der Waals surface area contributed by atoms with Gasteiger partial charge in [-0.15, -0.1) is 0 Å². The molecular formula is C13H26N2. The Balaban J connectivity index is 1.83. The molecule has 0 spiro atoms. The lowest BCUT2D eigenvalue weighted by atomic mass is 9.94. The Morgan fingerprint density at radius 3 is 2.67 bits per heavy atom. The normalized spacial score (nSPS) is 33.0. The predicted octanol–water partition coefficient (Wildman–Crippen LogP) is 2.25. The average Bonchev–Trinajstić information content (AvgIpc) is 2.57. The fraction of sp³-hybridized carbons (Fsp3) is 1.00. The Labute approximate surface area is 94.4 Å². The molecule has 2 aliphatic rings. The Kier molecular flexibility index (Phi) is 3.36. The van der Waals surface area contributed by atoms with Gasteiger partial charge in [0, 0.05) is 25.2 Å². The molecule has 1 N–H and O–H groups in total. The van der Waals surface area contributed by atoms with Crippen LogP contribution in [0.25, 0.3) is 0 Å². The quantitative estimate of drug-likeness (QED) is 0.752. The fourth-order valence-corrected chi connectivity index (χ4v) is 2.92. The van der Waals surface area contributed by atoms with Crippen molar-refractivity contribution in [3.05, 3.63) is 0 Å². The second-order valence-electron chi connectivity index (χ2n) is 6.44. The lowest BCUT2D eigenvalue weighted by molar-refractivity contribution is 0.176. The average molecular weight is 210 g/mol. The van der Waals surface area contributed by atoms with Crippen LogP contribution in [-0.2, 0) is 0 Å². The van der Waals surface area contributed by atoms with E-state index in [2.05, 4.69) is 31.0 Å². The number of hydrogen-bond donors (Lipinski definition) is 1. The van der Waals surface area contributed by atoms with Gasteiger partial charge in [-0.05, 0) is 31.2 Å². The van der Waals surface area contributed by atoms with Gasteiger partial charge in [-0.2, -0.15) is 0 Å². The van der Waals surface area contributed by atoms with Gasteiger partial charge in [0.1, 0.15) is 0 Å². The minimum atomic E-state index is 0.419. The van der Waals surface area contributed by atoms with E-state index in [1.165, 1.54) is 38.8 Å². The van der Waals surface area contributed by atoms with Gasteiger partial charge in [0.2, 0.25) is 0 Å². The highest BCUT2D eigenvalue weighted by atomic mass is 15.2. The first kappa shape index (κ1) is 11.4. The fourth-order valence-electron chi connectivity index (χ4n) is 2.92. The lowest BCUT2D eigenvalue weighted by Gasteiger charge is -2.33. The van der Waals surface area contributed by atoms with Crippen LogP contribution in [0.15, 0.2) is 0 Å². The highest BCUT2D eigenvalue weighted by molar-refractivity contribution is 4.94. The molecule has 0 aliphatic carbocycles. The standard InChI is InChI=1S/C13H26N2/c1-13(2,3)10-14-11-7-9-15-8-5-4-6-12(11)15/h11-12,14H,4-10H2,1-3H3. The summed E-state index contributed by atoms with van der Waals surface area (Å²) in [5, 5.41) is 3.78. The maximum Gasteiger partial charge on any atom is 0.0249 e. The monoisotopic (exact) mass is 210 g/mol. The minimum absolute atomic E-state index is 0.419. The van der Waals surface area contributed by atoms with Gasteiger partial charge in [0.25, 0.3) is 0 Å². The molecule has 0 radical (unpaired) electrons. The summed E-state index contributed by atoms with van der Waals surface area (Å²) in [5.41, 5.74) is 0.419. The number of hydrogen-bond acceptors (Lipinski definition) is 2. The van der Waals surface area contributed by atoms with Crippen LogP contribution in [-0.4, -0.2) is 36.6 Å². The summed E-state index contributed by atoms with van der Waals surface area (Å²) in [5.74, 6) is 0. The summed E-state index contributed by atoms with van der Waals surface area (Å²) in [7, 11) is 0. The molecule has 0 amide bonds. The molecule has 2 aliphatic heterocycles. The van der Waals surface area contributed by atoms with Gasteiger partial charge >= 0.3 is 0 Å². The summed E-state index contributed by atoms with van der Waals surface area (Å²) >= 11 is 0. The molecule has 2 fully saturated rings. The third-order valence-corrected chi connectivity index (χ3v) is 3.75. The van der Waals surface area contributed by atoms with E-state index >= 15 is 0 Å². The zero-order valence-electron chi connectivity index (χ0n) is 10.6. The van der Waals surface area contributed by atoms with Crippen molar-refractivity contribution in [3.63, 3.8) is 0 Å². The van der Waals surface area contributed by atoms with Crippen LogP contribution in [0.1, 0.15) is 46.5 Å². The Morgan fingerprint density at radius 1 is 1.13 bits per heavy atom. The zero-order chi connectivity index (χ0) is 10.9. The van der Waals surface area contributed by atoms with Gasteiger partial charge in [0.15, 0.2) is 0 Å². The minimum Gasteiger partial charge on any atom is -0.312 e. The zero-order valence-corrected chi connectivity index (χ0v) is 10.6. The number of nitrogens with one attached hydrogen (secondary N) is 1. The van der Waals surface area contributed by atoms with Crippen molar-refractivity contribution in [2.75, 3.05) is 19.6 Å². The second kappa shape index (κ2) is 4.42. The molecule has 0 aromatic heterocycles. The van der Waals surface area contributed by atoms with Crippen molar-refractivity contribution in [2.24, 2.45) is 5.41 Å².